The molecular formula is C10H18N4. The van der Waals surface area contributed by atoms with E-state index in [1.165, 1.54) is 12.8 Å². The van der Waals surface area contributed by atoms with Gasteiger partial charge in [-0.15, -0.1) is 0 Å². The van der Waals surface area contributed by atoms with Crippen LogP contribution in [-0.4, -0.2) is 27.9 Å². The van der Waals surface area contributed by atoms with E-state index in [1.54, 1.807) is 0 Å². The summed E-state index contributed by atoms with van der Waals surface area (Å²) in [5.41, 5.74) is 0. The molecule has 1 unspecified atom stereocenters. The van der Waals surface area contributed by atoms with Crippen LogP contribution in [0, 0.1) is 0 Å². The Bertz CT molecular complexity index is 299. The number of nitrogens with one attached hydrogen (secondary N) is 1. The zero-order chi connectivity index (χ0) is 9.97. The highest BCUT2D eigenvalue weighted by molar-refractivity contribution is 5.02. The minimum Gasteiger partial charge on any atom is -0.316 e. The Labute approximate surface area is 84.7 Å². The van der Waals surface area contributed by atoms with Crippen LogP contribution in [0.5, 0.6) is 0 Å². The van der Waals surface area contributed by atoms with Crippen LogP contribution in [0.3, 0.4) is 0 Å². The molecule has 0 aromatic carbocycles. The molecule has 4 nitrogen and oxygen atoms in total. The highest BCUT2D eigenvalue weighted by Crippen LogP contribution is 2.20. The maximum atomic E-state index is 4.56. The van der Waals surface area contributed by atoms with Crippen molar-refractivity contribution in [1.82, 2.24) is 20.1 Å². The Morgan fingerprint density at radius 2 is 2.43 bits per heavy atom. The molecule has 1 saturated heterocycles. The van der Waals surface area contributed by atoms with Crippen molar-refractivity contribution in [2.75, 3.05) is 13.1 Å². The molecule has 0 amide bonds. The van der Waals surface area contributed by atoms with E-state index in [0.717, 1.165) is 31.2 Å². The maximum absolute atomic E-state index is 4.56. The van der Waals surface area contributed by atoms with Gasteiger partial charge in [-0.3, -0.25) is 4.68 Å². The predicted octanol–water partition coefficient (Wildman–Crippen LogP) is 0.844. The van der Waals surface area contributed by atoms with Gasteiger partial charge in [-0.05, 0) is 19.4 Å². The topological polar surface area (TPSA) is 42.7 Å². The predicted molar refractivity (Wildman–Crippen MR) is 55.2 cm³/mol. The van der Waals surface area contributed by atoms with E-state index in [1.807, 2.05) is 11.7 Å². The highest BCUT2D eigenvalue weighted by Gasteiger charge is 2.20. The molecule has 1 fully saturated rings. The lowest BCUT2D eigenvalue weighted by Gasteiger charge is -2.21. The standard InChI is InChI=1S/C10H18N4/c1-3-9-12-10(14(2)13-9)8-5-4-6-11-7-8/h8,11H,3-7H2,1-2H3. The first-order valence-corrected chi connectivity index (χ1v) is 5.41. The summed E-state index contributed by atoms with van der Waals surface area (Å²) in [5.74, 6) is 2.67. The van der Waals surface area contributed by atoms with Crippen LogP contribution in [0.2, 0.25) is 0 Å². The Hall–Kier alpha value is -0.900. The van der Waals surface area contributed by atoms with Gasteiger partial charge in [-0.25, -0.2) is 4.98 Å². The van der Waals surface area contributed by atoms with Gasteiger partial charge in [-0.1, -0.05) is 6.92 Å². The van der Waals surface area contributed by atoms with Crippen molar-refractivity contribution in [2.45, 2.75) is 32.1 Å². The lowest BCUT2D eigenvalue weighted by Crippen LogP contribution is -2.29. The van der Waals surface area contributed by atoms with E-state index in [0.29, 0.717) is 5.92 Å². The minimum atomic E-state index is 0.557. The minimum absolute atomic E-state index is 0.557. The maximum Gasteiger partial charge on any atom is 0.150 e. The van der Waals surface area contributed by atoms with Crippen LogP contribution in [0.15, 0.2) is 0 Å². The lowest BCUT2D eigenvalue weighted by atomic mass is 9.99. The second-order valence-corrected chi connectivity index (χ2v) is 3.91. The van der Waals surface area contributed by atoms with Crippen molar-refractivity contribution in [1.29, 1.82) is 0 Å². The molecule has 2 rings (SSSR count). The number of piperidine rings is 1. The number of nitrogens with zero attached hydrogens (tertiary/aromatic N) is 3. The zero-order valence-corrected chi connectivity index (χ0v) is 8.95. The average molecular weight is 194 g/mol. The summed E-state index contributed by atoms with van der Waals surface area (Å²) >= 11 is 0. The van der Waals surface area contributed by atoms with E-state index in [9.17, 15) is 0 Å². The van der Waals surface area contributed by atoms with Crippen molar-refractivity contribution in [3.63, 3.8) is 0 Å². The molecule has 0 bridgehead atoms. The molecule has 1 aliphatic heterocycles. The molecule has 0 aliphatic carbocycles. The highest BCUT2D eigenvalue weighted by atomic mass is 15.3. The van der Waals surface area contributed by atoms with E-state index in [-0.39, 0.29) is 0 Å². The summed E-state index contributed by atoms with van der Waals surface area (Å²) in [7, 11) is 2.00. The Morgan fingerprint density at radius 3 is 3.00 bits per heavy atom. The third kappa shape index (κ3) is 1.80. The summed E-state index contributed by atoms with van der Waals surface area (Å²) in [5, 5.41) is 7.79. The fourth-order valence-electron chi connectivity index (χ4n) is 2.03. The first-order chi connectivity index (χ1) is 6.81. The summed E-state index contributed by atoms with van der Waals surface area (Å²) in [6, 6.07) is 0. The normalized spacial score (nSPS) is 22.6. The van der Waals surface area contributed by atoms with Crippen molar-refractivity contribution in [3.05, 3.63) is 11.6 Å². The number of aromatic nitrogens is 3. The van der Waals surface area contributed by atoms with E-state index in [2.05, 4.69) is 22.3 Å². The van der Waals surface area contributed by atoms with E-state index in [4.69, 9.17) is 0 Å². The van der Waals surface area contributed by atoms with Gasteiger partial charge in [0, 0.05) is 25.9 Å². The molecule has 1 aromatic heterocycles. The van der Waals surface area contributed by atoms with E-state index < -0.39 is 0 Å². The molecule has 1 aromatic rings. The van der Waals surface area contributed by atoms with Crippen LogP contribution in [0.25, 0.3) is 0 Å². The van der Waals surface area contributed by atoms with Crippen LogP contribution < -0.4 is 5.32 Å². The van der Waals surface area contributed by atoms with Gasteiger partial charge in [0.1, 0.15) is 5.82 Å². The first kappa shape index (κ1) is 9.65. The van der Waals surface area contributed by atoms with Crippen LogP contribution in [0.4, 0.5) is 0 Å². The fraction of sp³-hybridized carbons (Fsp3) is 0.800. The number of hydrogen-bond acceptors (Lipinski definition) is 3. The Morgan fingerprint density at radius 1 is 1.57 bits per heavy atom. The van der Waals surface area contributed by atoms with Gasteiger partial charge in [-0.2, -0.15) is 5.10 Å². The number of rotatable bonds is 2. The summed E-state index contributed by atoms with van der Waals surface area (Å²) in [4.78, 5) is 4.56. The lowest BCUT2D eigenvalue weighted by molar-refractivity contribution is 0.434. The van der Waals surface area contributed by atoms with Crippen molar-refractivity contribution in [2.24, 2.45) is 7.05 Å². The second-order valence-electron chi connectivity index (χ2n) is 3.91. The molecule has 1 atom stereocenters. The van der Waals surface area contributed by atoms with Gasteiger partial charge >= 0.3 is 0 Å². The number of hydrogen-bond donors (Lipinski definition) is 1. The molecule has 1 N–H and O–H groups in total. The van der Waals surface area contributed by atoms with Crippen LogP contribution in [0.1, 0.15) is 37.3 Å². The molecule has 14 heavy (non-hydrogen) atoms. The van der Waals surface area contributed by atoms with E-state index >= 15 is 0 Å². The molecule has 0 spiro atoms. The molecular weight excluding hydrogens is 176 g/mol. The molecule has 0 saturated carbocycles. The quantitative estimate of drug-likeness (QED) is 0.759. The summed E-state index contributed by atoms with van der Waals surface area (Å²) < 4.78 is 1.94. The third-order valence-corrected chi connectivity index (χ3v) is 2.82. The molecule has 4 heteroatoms. The van der Waals surface area contributed by atoms with Gasteiger partial charge in [0.15, 0.2) is 5.82 Å². The monoisotopic (exact) mass is 194 g/mol. The van der Waals surface area contributed by atoms with Gasteiger partial charge in [0.2, 0.25) is 0 Å². The van der Waals surface area contributed by atoms with Gasteiger partial charge in [0.25, 0.3) is 0 Å². The Balaban J connectivity index is 2.17. The Kier molecular flexibility index (Phi) is 2.82. The van der Waals surface area contributed by atoms with Crippen molar-refractivity contribution >= 4 is 0 Å². The van der Waals surface area contributed by atoms with Crippen molar-refractivity contribution in [3.8, 4) is 0 Å². The van der Waals surface area contributed by atoms with Crippen LogP contribution >= 0.6 is 0 Å². The van der Waals surface area contributed by atoms with Crippen molar-refractivity contribution < 1.29 is 0 Å². The smallest absolute Gasteiger partial charge is 0.150 e. The molecule has 0 radical (unpaired) electrons. The zero-order valence-electron chi connectivity index (χ0n) is 8.95. The molecule has 1 aliphatic rings. The van der Waals surface area contributed by atoms with Gasteiger partial charge in [0.05, 0.1) is 0 Å². The average Bonchev–Trinajstić information content (AvgIpc) is 2.61. The largest absolute Gasteiger partial charge is 0.316 e. The number of aryl methyl sites for hydroxylation is 2. The summed E-state index contributed by atoms with van der Waals surface area (Å²) in [6.45, 7) is 4.29. The SMILES string of the molecule is CCc1nc(C2CCCNC2)n(C)n1. The molecule has 78 valence electrons. The fourth-order valence-corrected chi connectivity index (χ4v) is 2.03. The first-order valence-electron chi connectivity index (χ1n) is 5.41. The van der Waals surface area contributed by atoms with Crippen LogP contribution in [-0.2, 0) is 13.5 Å². The van der Waals surface area contributed by atoms with Gasteiger partial charge < -0.3 is 5.32 Å². The third-order valence-electron chi connectivity index (χ3n) is 2.82. The second kappa shape index (κ2) is 4.09. The molecule has 2 heterocycles. The summed E-state index contributed by atoms with van der Waals surface area (Å²) in [6.07, 6.45) is 3.41.